The minimum absolute atomic E-state index is 0.147. The average molecular weight is 637 g/mol. The molecule has 3 atom stereocenters. The Hall–Kier alpha value is -3.55. The van der Waals surface area contributed by atoms with Gasteiger partial charge in [-0.3, -0.25) is 14.5 Å². The van der Waals surface area contributed by atoms with Crippen molar-refractivity contribution in [1.82, 2.24) is 35.3 Å². The summed E-state index contributed by atoms with van der Waals surface area (Å²) in [6, 6.07) is 4.86. The number of anilines is 1. The van der Waals surface area contributed by atoms with E-state index < -0.39 is 11.7 Å². The van der Waals surface area contributed by atoms with Crippen LogP contribution in [0.4, 0.5) is 5.95 Å². The molecule has 1 aromatic carbocycles. The van der Waals surface area contributed by atoms with E-state index >= 15 is 0 Å². The molecule has 5 heterocycles. The van der Waals surface area contributed by atoms with Crippen molar-refractivity contribution >= 4 is 29.4 Å². The lowest BCUT2D eigenvalue weighted by Gasteiger charge is -2.50. The molecule has 0 aliphatic carbocycles. The van der Waals surface area contributed by atoms with Crippen LogP contribution < -0.4 is 16.0 Å². The molecule has 2 unspecified atom stereocenters. The van der Waals surface area contributed by atoms with Gasteiger partial charge in [0.25, 0.3) is 5.91 Å². The number of aliphatic hydroxyl groups is 1. The van der Waals surface area contributed by atoms with Crippen molar-refractivity contribution in [2.45, 2.75) is 43.6 Å². The summed E-state index contributed by atoms with van der Waals surface area (Å²) < 4.78 is 5.44. The maximum atomic E-state index is 13.7. The molecule has 240 valence electrons. The second-order valence-electron chi connectivity index (χ2n) is 12.1. The number of halogens is 1. The molecular formula is C32H41ClN8O4. The standard InChI is InChI=1S/C32H41ClN8O4/c1-21-24-6-5-22(29-26(33)18-34-31(38-29)36-23-7-15-45-16-8-23)17-25(24)30(44)41(21)19-28(43)37-27(20-42)32(9-3-4-10-35-32)40-13-11-39(2)12-14-40/h3-6,9-10,17-18,21,23,27,35,42H,7-8,11-16,19-20H2,1-2H3,(H,37,43)(H,34,36,38)/t21-,27?,32?/m1/s1. The van der Waals surface area contributed by atoms with Crippen LogP contribution in [0.2, 0.25) is 5.02 Å². The number of carbonyl (C=O) groups is 2. The lowest BCUT2D eigenvalue weighted by molar-refractivity contribution is -0.124. The molecule has 2 amide bonds. The third-order valence-electron chi connectivity index (χ3n) is 9.30. The van der Waals surface area contributed by atoms with Crippen LogP contribution in [0.15, 0.2) is 48.8 Å². The maximum Gasteiger partial charge on any atom is 0.255 e. The van der Waals surface area contributed by atoms with Gasteiger partial charge in [0.1, 0.15) is 12.2 Å². The molecule has 2 fully saturated rings. The van der Waals surface area contributed by atoms with Crippen molar-refractivity contribution in [1.29, 1.82) is 0 Å². The van der Waals surface area contributed by atoms with E-state index in [0.29, 0.717) is 41.0 Å². The van der Waals surface area contributed by atoms with E-state index in [2.05, 4.69) is 42.8 Å². The summed E-state index contributed by atoms with van der Waals surface area (Å²) in [5.74, 6) is -0.109. The van der Waals surface area contributed by atoms with E-state index in [1.807, 2.05) is 43.5 Å². The van der Waals surface area contributed by atoms with Crippen molar-refractivity contribution < 1.29 is 19.4 Å². The number of aromatic nitrogens is 2. The highest BCUT2D eigenvalue weighted by Crippen LogP contribution is 2.37. The van der Waals surface area contributed by atoms with Gasteiger partial charge in [-0.15, -0.1) is 0 Å². The van der Waals surface area contributed by atoms with Gasteiger partial charge >= 0.3 is 0 Å². The van der Waals surface area contributed by atoms with Gasteiger partial charge in [0, 0.05) is 56.6 Å². The number of hydrogen-bond acceptors (Lipinski definition) is 10. The number of dihydropyridines is 1. The topological polar surface area (TPSA) is 135 Å². The van der Waals surface area contributed by atoms with Gasteiger partial charge in [0.05, 0.1) is 35.6 Å². The first-order chi connectivity index (χ1) is 21.8. The monoisotopic (exact) mass is 636 g/mol. The molecule has 45 heavy (non-hydrogen) atoms. The number of allylic oxidation sites excluding steroid dienone is 2. The summed E-state index contributed by atoms with van der Waals surface area (Å²) in [4.78, 5) is 42.3. The summed E-state index contributed by atoms with van der Waals surface area (Å²) in [5, 5.41) is 20.7. The normalized spacial score (nSPS) is 24.8. The van der Waals surface area contributed by atoms with Crippen molar-refractivity contribution in [3.63, 3.8) is 0 Å². The number of amides is 2. The highest BCUT2D eigenvalue weighted by Gasteiger charge is 2.44. The van der Waals surface area contributed by atoms with Gasteiger partial charge in [-0.05, 0) is 56.8 Å². The van der Waals surface area contributed by atoms with E-state index in [1.54, 1.807) is 17.2 Å². The molecule has 0 saturated carbocycles. The Morgan fingerprint density at radius 1 is 1.22 bits per heavy atom. The molecule has 0 radical (unpaired) electrons. The van der Waals surface area contributed by atoms with E-state index in [9.17, 15) is 14.7 Å². The van der Waals surface area contributed by atoms with Crippen LogP contribution in [0.25, 0.3) is 11.3 Å². The Labute approximate surface area is 268 Å². The predicted octanol–water partition coefficient (Wildman–Crippen LogP) is 2.00. The fourth-order valence-electron chi connectivity index (χ4n) is 6.61. The predicted molar refractivity (Wildman–Crippen MR) is 172 cm³/mol. The molecule has 0 bridgehead atoms. The third-order valence-corrected chi connectivity index (χ3v) is 9.57. The number of aliphatic hydroxyl groups excluding tert-OH is 1. The van der Waals surface area contributed by atoms with Crippen molar-refractivity contribution in [2.75, 3.05) is 64.9 Å². The van der Waals surface area contributed by atoms with Crippen molar-refractivity contribution in [3.8, 4) is 11.3 Å². The van der Waals surface area contributed by atoms with E-state index in [-0.39, 0.29) is 37.0 Å². The number of piperazine rings is 1. The first kappa shape index (κ1) is 31.4. The zero-order chi connectivity index (χ0) is 31.6. The fraction of sp³-hybridized carbons (Fsp3) is 0.500. The van der Waals surface area contributed by atoms with Crippen LogP contribution in [0.3, 0.4) is 0 Å². The lowest BCUT2D eigenvalue weighted by atomic mass is 9.94. The molecule has 0 spiro atoms. The van der Waals surface area contributed by atoms with Crippen LogP contribution in [-0.2, 0) is 9.53 Å². The molecule has 4 N–H and O–H groups in total. The Kier molecular flexibility index (Phi) is 9.39. The number of fused-ring (bicyclic) bond motifs is 1. The van der Waals surface area contributed by atoms with Gasteiger partial charge < -0.3 is 35.6 Å². The minimum atomic E-state index is -0.784. The van der Waals surface area contributed by atoms with Gasteiger partial charge in [-0.1, -0.05) is 29.8 Å². The quantitative estimate of drug-likeness (QED) is 0.324. The zero-order valence-electron chi connectivity index (χ0n) is 25.7. The van der Waals surface area contributed by atoms with E-state index in [1.165, 1.54) is 0 Å². The number of rotatable bonds is 9. The van der Waals surface area contributed by atoms with Crippen molar-refractivity contribution in [3.05, 3.63) is 65.0 Å². The first-order valence-corrected chi connectivity index (χ1v) is 15.9. The fourth-order valence-corrected chi connectivity index (χ4v) is 6.81. The Morgan fingerprint density at radius 3 is 2.71 bits per heavy atom. The van der Waals surface area contributed by atoms with Gasteiger partial charge in [0.2, 0.25) is 11.9 Å². The van der Waals surface area contributed by atoms with Gasteiger partial charge in [-0.2, -0.15) is 0 Å². The van der Waals surface area contributed by atoms with Crippen LogP contribution in [0.5, 0.6) is 0 Å². The molecule has 2 aromatic rings. The number of likely N-dealkylation sites (N-methyl/N-ethyl adjacent to an activating group) is 1. The summed E-state index contributed by atoms with van der Waals surface area (Å²) >= 11 is 6.53. The summed E-state index contributed by atoms with van der Waals surface area (Å²) in [5.41, 5.74) is 1.78. The number of nitrogens with zero attached hydrogens (tertiary/aromatic N) is 5. The zero-order valence-corrected chi connectivity index (χ0v) is 26.5. The molecule has 6 rings (SSSR count). The van der Waals surface area contributed by atoms with Gasteiger partial charge in [0.15, 0.2) is 0 Å². The second kappa shape index (κ2) is 13.4. The van der Waals surface area contributed by atoms with Crippen LogP contribution >= 0.6 is 11.6 Å². The summed E-state index contributed by atoms with van der Waals surface area (Å²) in [7, 11) is 2.08. The molecule has 12 nitrogen and oxygen atoms in total. The Morgan fingerprint density at radius 2 is 2.00 bits per heavy atom. The highest BCUT2D eigenvalue weighted by molar-refractivity contribution is 6.33. The molecular weight excluding hydrogens is 596 g/mol. The summed E-state index contributed by atoms with van der Waals surface area (Å²) in [6.45, 7) is 6.18. The highest BCUT2D eigenvalue weighted by atomic mass is 35.5. The Balaban J connectivity index is 1.16. The molecule has 1 aromatic heterocycles. The van der Waals surface area contributed by atoms with Crippen LogP contribution in [-0.4, -0.2) is 119 Å². The van der Waals surface area contributed by atoms with E-state index in [0.717, 1.165) is 44.6 Å². The summed E-state index contributed by atoms with van der Waals surface area (Å²) in [6.07, 6.45) is 11.0. The Bertz CT molecular complexity index is 1470. The van der Waals surface area contributed by atoms with Crippen LogP contribution in [0.1, 0.15) is 41.7 Å². The number of hydrogen-bond donors (Lipinski definition) is 4. The molecule has 4 aliphatic heterocycles. The number of carbonyl (C=O) groups excluding carboxylic acids is 2. The van der Waals surface area contributed by atoms with E-state index in [4.69, 9.17) is 16.3 Å². The molecule has 13 heteroatoms. The number of ether oxygens (including phenoxy) is 1. The molecule has 2 saturated heterocycles. The maximum absolute atomic E-state index is 13.7. The smallest absolute Gasteiger partial charge is 0.255 e. The number of nitrogens with one attached hydrogen (secondary N) is 3. The van der Waals surface area contributed by atoms with Gasteiger partial charge in [-0.25, -0.2) is 9.97 Å². The largest absolute Gasteiger partial charge is 0.394 e. The average Bonchev–Trinajstić information content (AvgIpc) is 3.29. The van der Waals surface area contributed by atoms with Crippen molar-refractivity contribution in [2.24, 2.45) is 0 Å². The number of benzene rings is 1. The first-order valence-electron chi connectivity index (χ1n) is 15.6. The SMILES string of the molecule is C[C@@H]1c2ccc(-c3nc(NC4CCOCC4)ncc3Cl)cc2C(=O)N1CC(=O)NC(CO)C1(N2CCN(C)CC2)C=CC=CN1. The second-order valence-corrected chi connectivity index (χ2v) is 12.5. The molecule has 4 aliphatic rings. The third kappa shape index (κ3) is 6.43. The lowest BCUT2D eigenvalue weighted by Crippen LogP contribution is -2.71. The van der Waals surface area contributed by atoms with Crippen LogP contribution in [0, 0.1) is 0 Å². The minimum Gasteiger partial charge on any atom is -0.394 e.